The lowest BCUT2D eigenvalue weighted by Crippen LogP contribution is -2.27. The molecule has 0 spiro atoms. The number of benzene rings is 1. The maximum atomic E-state index is 11.3. The molecule has 1 heterocycles. The van der Waals surface area contributed by atoms with E-state index in [1.807, 2.05) is 12.1 Å². The van der Waals surface area contributed by atoms with Crippen LogP contribution in [0, 0.1) is 0 Å². The molecule has 1 fully saturated rings. The van der Waals surface area contributed by atoms with E-state index in [4.69, 9.17) is 10.5 Å². The van der Waals surface area contributed by atoms with Crippen LogP contribution in [0.1, 0.15) is 37.2 Å². The zero-order valence-electron chi connectivity index (χ0n) is 10.3. The molecule has 0 radical (unpaired) electrons. The van der Waals surface area contributed by atoms with Crippen molar-refractivity contribution in [3.8, 4) is 5.75 Å². The number of carbonyl (C=O) groups excluding carboxylic acids is 1. The molecule has 1 aliphatic heterocycles. The summed E-state index contributed by atoms with van der Waals surface area (Å²) in [7, 11) is 0. The molecule has 1 aromatic rings. The van der Waals surface area contributed by atoms with Gasteiger partial charge in [0, 0.05) is 6.04 Å². The molecule has 1 aromatic carbocycles. The minimum atomic E-state index is -0.0784. The summed E-state index contributed by atoms with van der Waals surface area (Å²) in [6, 6.07) is 6.48. The normalized spacial score (nSPS) is 27.1. The van der Waals surface area contributed by atoms with Crippen LogP contribution in [0.4, 0.5) is 5.69 Å². The molecule has 3 N–H and O–H groups in total. The molecule has 0 aromatic heterocycles. The number of anilines is 1. The smallest absolute Gasteiger partial charge is 0.262 e. The van der Waals surface area contributed by atoms with Crippen molar-refractivity contribution in [3.63, 3.8) is 0 Å². The Morgan fingerprint density at radius 2 is 2.00 bits per heavy atom. The Morgan fingerprint density at radius 1 is 1.22 bits per heavy atom. The molecule has 0 atom stereocenters. The first-order valence-corrected chi connectivity index (χ1v) is 6.54. The maximum absolute atomic E-state index is 11.3. The van der Waals surface area contributed by atoms with Crippen LogP contribution in [0.25, 0.3) is 0 Å². The molecule has 1 saturated carbocycles. The molecule has 4 nitrogen and oxygen atoms in total. The van der Waals surface area contributed by atoms with E-state index >= 15 is 0 Å². The van der Waals surface area contributed by atoms with Gasteiger partial charge in [0.1, 0.15) is 5.75 Å². The average molecular weight is 246 g/mol. The first-order chi connectivity index (χ1) is 8.72. The van der Waals surface area contributed by atoms with Crippen molar-refractivity contribution in [3.05, 3.63) is 23.8 Å². The van der Waals surface area contributed by atoms with Crippen LogP contribution in [-0.4, -0.2) is 18.6 Å². The summed E-state index contributed by atoms with van der Waals surface area (Å²) in [5, 5.41) is 2.86. The van der Waals surface area contributed by atoms with Gasteiger partial charge < -0.3 is 15.8 Å². The number of ether oxygens (including phenoxy) is 1. The first kappa shape index (κ1) is 11.5. The Hall–Kier alpha value is -1.55. The zero-order valence-corrected chi connectivity index (χ0v) is 10.3. The van der Waals surface area contributed by atoms with Gasteiger partial charge in [-0.1, -0.05) is 6.07 Å². The number of nitrogens with two attached hydrogens (primary N) is 1. The molecule has 2 aliphatic rings. The third-order valence-corrected chi connectivity index (χ3v) is 3.88. The van der Waals surface area contributed by atoms with Gasteiger partial charge in [-0.25, -0.2) is 0 Å². The fourth-order valence-electron chi connectivity index (χ4n) is 2.81. The van der Waals surface area contributed by atoms with Gasteiger partial charge in [0.2, 0.25) is 0 Å². The van der Waals surface area contributed by atoms with Crippen LogP contribution >= 0.6 is 0 Å². The zero-order chi connectivity index (χ0) is 12.5. The molecule has 1 amide bonds. The lowest BCUT2D eigenvalue weighted by atomic mass is 9.82. The molecule has 0 bridgehead atoms. The monoisotopic (exact) mass is 246 g/mol. The number of carbonyl (C=O) groups is 1. The van der Waals surface area contributed by atoms with E-state index < -0.39 is 0 Å². The molecule has 1 aliphatic carbocycles. The number of fused-ring (bicyclic) bond motifs is 1. The second-order valence-corrected chi connectivity index (χ2v) is 5.20. The molecule has 18 heavy (non-hydrogen) atoms. The maximum Gasteiger partial charge on any atom is 0.262 e. The van der Waals surface area contributed by atoms with E-state index in [9.17, 15) is 4.79 Å². The largest absolute Gasteiger partial charge is 0.482 e. The van der Waals surface area contributed by atoms with E-state index in [-0.39, 0.29) is 12.5 Å². The Bertz CT molecular complexity index is 465. The summed E-state index contributed by atoms with van der Waals surface area (Å²) >= 11 is 0. The van der Waals surface area contributed by atoms with Crippen molar-refractivity contribution in [2.24, 2.45) is 5.73 Å². The van der Waals surface area contributed by atoms with Crippen molar-refractivity contribution in [2.45, 2.75) is 37.6 Å². The van der Waals surface area contributed by atoms with Gasteiger partial charge >= 0.3 is 0 Å². The van der Waals surface area contributed by atoms with E-state index in [2.05, 4.69) is 11.4 Å². The highest BCUT2D eigenvalue weighted by Crippen LogP contribution is 2.36. The van der Waals surface area contributed by atoms with E-state index in [0.29, 0.717) is 12.0 Å². The van der Waals surface area contributed by atoms with Gasteiger partial charge in [0.15, 0.2) is 6.61 Å². The number of hydrogen-bond donors (Lipinski definition) is 2. The average Bonchev–Trinajstić information content (AvgIpc) is 2.38. The number of nitrogens with one attached hydrogen (secondary N) is 1. The lowest BCUT2D eigenvalue weighted by Gasteiger charge is -2.27. The Morgan fingerprint density at radius 3 is 2.78 bits per heavy atom. The summed E-state index contributed by atoms with van der Waals surface area (Å²) in [4.78, 5) is 11.3. The Kier molecular flexibility index (Phi) is 2.96. The summed E-state index contributed by atoms with van der Waals surface area (Å²) in [6.45, 7) is 0.116. The highest BCUT2D eigenvalue weighted by Gasteiger charge is 2.22. The van der Waals surface area contributed by atoms with Crippen molar-refractivity contribution < 1.29 is 9.53 Å². The predicted molar refractivity (Wildman–Crippen MR) is 69.8 cm³/mol. The fraction of sp³-hybridized carbons (Fsp3) is 0.500. The van der Waals surface area contributed by atoms with E-state index in [1.165, 1.54) is 5.56 Å². The number of amides is 1. The molecular weight excluding hydrogens is 228 g/mol. The van der Waals surface area contributed by atoms with Crippen LogP contribution in [0.2, 0.25) is 0 Å². The quantitative estimate of drug-likeness (QED) is 0.796. The fourth-order valence-corrected chi connectivity index (χ4v) is 2.81. The van der Waals surface area contributed by atoms with Crippen LogP contribution in [0.15, 0.2) is 18.2 Å². The van der Waals surface area contributed by atoms with Gasteiger partial charge in [0.25, 0.3) is 5.91 Å². The molecule has 0 saturated heterocycles. The van der Waals surface area contributed by atoms with Crippen molar-refractivity contribution in [1.82, 2.24) is 0 Å². The second kappa shape index (κ2) is 4.61. The Labute approximate surface area is 107 Å². The van der Waals surface area contributed by atoms with Crippen LogP contribution < -0.4 is 15.8 Å². The third kappa shape index (κ3) is 2.20. The van der Waals surface area contributed by atoms with E-state index in [1.54, 1.807) is 0 Å². The standard InChI is InChI=1S/C14H18N2O2/c15-11-4-1-9(2-5-11)10-3-6-13-12(7-10)16-14(17)8-18-13/h3,6-7,9,11H,1-2,4-5,8,15H2,(H,16,17). The van der Waals surface area contributed by atoms with Crippen LogP contribution in [0.3, 0.4) is 0 Å². The van der Waals surface area contributed by atoms with Gasteiger partial charge in [-0.05, 0) is 49.3 Å². The molecule has 4 heteroatoms. The summed E-state index contributed by atoms with van der Waals surface area (Å²) in [6.07, 6.45) is 4.44. The molecule has 96 valence electrons. The van der Waals surface area contributed by atoms with Crippen LogP contribution in [0.5, 0.6) is 5.75 Å². The molecule has 0 unspecified atom stereocenters. The third-order valence-electron chi connectivity index (χ3n) is 3.88. The topological polar surface area (TPSA) is 64.3 Å². The van der Waals surface area contributed by atoms with E-state index in [0.717, 1.165) is 37.1 Å². The van der Waals surface area contributed by atoms with Crippen molar-refractivity contribution in [1.29, 1.82) is 0 Å². The Balaban J connectivity index is 1.81. The van der Waals surface area contributed by atoms with Gasteiger partial charge in [0.05, 0.1) is 5.69 Å². The number of hydrogen-bond acceptors (Lipinski definition) is 3. The van der Waals surface area contributed by atoms with Gasteiger partial charge in [-0.2, -0.15) is 0 Å². The van der Waals surface area contributed by atoms with Crippen molar-refractivity contribution >= 4 is 11.6 Å². The second-order valence-electron chi connectivity index (χ2n) is 5.20. The summed E-state index contributed by atoms with van der Waals surface area (Å²) in [5.74, 6) is 1.25. The van der Waals surface area contributed by atoms with Gasteiger partial charge in [-0.3, -0.25) is 4.79 Å². The van der Waals surface area contributed by atoms with Gasteiger partial charge in [-0.15, -0.1) is 0 Å². The first-order valence-electron chi connectivity index (χ1n) is 6.54. The highest BCUT2D eigenvalue weighted by atomic mass is 16.5. The minimum absolute atomic E-state index is 0.0784. The minimum Gasteiger partial charge on any atom is -0.482 e. The van der Waals surface area contributed by atoms with Crippen molar-refractivity contribution in [2.75, 3.05) is 11.9 Å². The molecular formula is C14H18N2O2. The summed E-state index contributed by atoms with van der Waals surface area (Å²) < 4.78 is 5.36. The number of rotatable bonds is 1. The molecule has 3 rings (SSSR count). The SMILES string of the molecule is NC1CCC(c2ccc3c(c2)NC(=O)CO3)CC1. The lowest BCUT2D eigenvalue weighted by molar-refractivity contribution is -0.118. The highest BCUT2D eigenvalue weighted by molar-refractivity contribution is 5.95. The summed E-state index contributed by atoms with van der Waals surface area (Å²) in [5.41, 5.74) is 8.02. The van der Waals surface area contributed by atoms with Crippen LogP contribution in [-0.2, 0) is 4.79 Å². The predicted octanol–water partition coefficient (Wildman–Crippen LogP) is 2.00.